The molecule has 2 aromatic carbocycles. The summed E-state index contributed by atoms with van der Waals surface area (Å²) in [6.45, 7) is 4.19. The van der Waals surface area contributed by atoms with Crippen LogP contribution in [0.15, 0.2) is 60.7 Å². The van der Waals surface area contributed by atoms with E-state index < -0.39 is 7.26 Å². The lowest BCUT2D eigenvalue weighted by Crippen LogP contribution is -2.28. The second kappa shape index (κ2) is 5.65. The predicted octanol–water partition coefficient (Wildman–Crippen LogP) is 2.67. The predicted molar refractivity (Wildman–Crippen MR) is 81.5 cm³/mol. The molecule has 94 valence electrons. The molecule has 2 heteroatoms. The summed E-state index contributed by atoms with van der Waals surface area (Å²) in [5.74, 6) is 0. The molecule has 1 nitrogen and oxygen atoms in total. The van der Waals surface area contributed by atoms with Crippen LogP contribution in [-0.2, 0) is 0 Å². The SMILES string of the molecule is CC(O)C[P+](C)(c1ccccc1)c1ccccc1. The maximum atomic E-state index is 9.84. The van der Waals surface area contributed by atoms with Crippen LogP contribution >= 0.6 is 7.26 Å². The lowest BCUT2D eigenvalue weighted by molar-refractivity contribution is 0.219. The van der Waals surface area contributed by atoms with Crippen molar-refractivity contribution >= 4 is 17.9 Å². The highest BCUT2D eigenvalue weighted by molar-refractivity contribution is 7.88. The lowest BCUT2D eigenvalue weighted by Gasteiger charge is -2.24. The zero-order valence-corrected chi connectivity index (χ0v) is 11.8. The monoisotopic (exact) mass is 259 g/mol. The summed E-state index contributed by atoms with van der Waals surface area (Å²) in [6.07, 6.45) is 0.560. The van der Waals surface area contributed by atoms with Gasteiger partial charge in [0, 0.05) is 0 Å². The Morgan fingerprint density at radius 2 is 1.28 bits per heavy atom. The van der Waals surface area contributed by atoms with E-state index in [-0.39, 0.29) is 6.10 Å². The van der Waals surface area contributed by atoms with Gasteiger partial charge in [-0.2, -0.15) is 0 Å². The van der Waals surface area contributed by atoms with Gasteiger partial charge in [-0.05, 0) is 31.2 Å². The van der Waals surface area contributed by atoms with Gasteiger partial charge in [0.05, 0.1) is 36.8 Å². The third-order valence-corrected chi connectivity index (χ3v) is 7.42. The molecule has 0 aromatic heterocycles. The molecule has 0 aliphatic rings. The van der Waals surface area contributed by atoms with Crippen LogP contribution in [-0.4, -0.2) is 24.0 Å². The van der Waals surface area contributed by atoms with E-state index >= 15 is 0 Å². The van der Waals surface area contributed by atoms with Gasteiger partial charge in [0.15, 0.2) is 0 Å². The summed E-state index contributed by atoms with van der Waals surface area (Å²) in [7, 11) is -1.48. The molecule has 0 fully saturated rings. The van der Waals surface area contributed by atoms with Gasteiger partial charge in [-0.3, -0.25) is 0 Å². The van der Waals surface area contributed by atoms with Crippen LogP contribution in [0.5, 0.6) is 0 Å². The molecule has 18 heavy (non-hydrogen) atoms. The number of rotatable bonds is 4. The molecule has 0 heterocycles. The lowest BCUT2D eigenvalue weighted by atomic mass is 10.4. The van der Waals surface area contributed by atoms with Gasteiger partial charge < -0.3 is 5.11 Å². The molecule has 2 aromatic rings. The third kappa shape index (κ3) is 2.80. The first kappa shape index (κ1) is 13.3. The van der Waals surface area contributed by atoms with Crippen molar-refractivity contribution in [1.29, 1.82) is 0 Å². The molecule has 1 atom stereocenters. The van der Waals surface area contributed by atoms with Crippen molar-refractivity contribution in [3.05, 3.63) is 60.7 Å². The quantitative estimate of drug-likeness (QED) is 0.837. The van der Waals surface area contributed by atoms with Crippen LogP contribution in [0.1, 0.15) is 6.92 Å². The molecule has 1 unspecified atom stereocenters. The molecule has 2 rings (SSSR count). The molecule has 0 aliphatic carbocycles. The van der Waals surface area contributed by atoms with Crippen molar-refractivity contribution in [3.63, 3.8) is 0 Å². The van der Waals surface area contributed by atoms with Crippen molar-refractivity contribution < 1.29 is 5.11 Å². The van der Waals surface area contributed by atoms with E-state index in [1.807, 2.05) is 19.1 Å². The van der Waals surface area contributed by atoms with Gasteiger partial charge in [0.2, 0.25) is 0 Å². The van der Waals surface area contributed by atoms with Crippen LogP contribution < -0.4 is 10.6 Å². The first-order chi connectivity index (χ1) is 8.63. The normalized spacial score (nSPS) is 13.3. The van der Waals surface area contributed by atoms with E-state index in [4.69, 9.17) is 0 Å². The Kier molecular flexibility index (Phi) is 4.16. The van der Waals surface area contributed by atoms with Crippen LogP contribution in [0.3, 0.4) is 0 Å². The maximum absolute atomic E-state index is 9.84. The Morgan fingerprint density at radius 1 is 0.889 bits per heavy atom. The van der Waals surface area contributed by atoms with Gasteiger partial charge in [0.25, 0.3) is 0 Å². The van der Waals surface area contributed by atoms with Gasteiger partial charge in [-0.15, -0.1) is 0 Å². The zero-order valence-electron chi connectivity index (χ0n) is 11.0. The first-order valence-electron chi connectivity index (χ1n) is 6.28. The topological polar surface area (TPSA) is 20.2 Å². The maximum Gasteiger partial charge on any atom is 0.0989 e. The molecule has 0 saturated carbocycles. The van der Waals surface area contributed by atoms with Crippen molar-refractivity contribution in [2.24, 2.45) is 0 Å². The second-order valence-electron chi connectivity index (χ2n) is 4.89. The van der Waals surface area contributed by atoms with E-state index in [1.54, 1.807) is 0 Å². The van der Waals surface area contributed by atoms with Gasteiger partial charge >= 0.3 is 0 Å². The zero-order chi connectivity index (χ0) is 13.0. The van der Waals surface area contributed by atoms with Crippen molar-refractivity contribution in [3.8, 4) is 0 Å². The number of aliphatic hydroxyl groups is 1. The molecule has 0 bridgehead atoms. The fourth-order valence-corrected chi connectivity index (χ4v) is 5.84. The average molecular weight is 259 g/mol. The number of hydrogen-bond donors (Lipinski definition) is 1. The highest BCUT2D eigenvalue weighted by Crippen LogP contribution is 2.52. The van der Waals surface area contributed by atoms with Crippen LogP contribution in [0.4, 0.5) is 0 Å². The van der Waals surface area contributed by atoms with Gasteiger partial charge in [-0.25, -0.2) is 0 Å². The summed E-state index contributed by atoms with van der Waals surface area (Å²) in [4.78, 5) is 0. The molecule has 1 N–H and O–H groups in total. The fraction of sp³-hybridized carbons (Fsp3) is 0.250. The Balaban J connectivity index is 2.48. The van der Waals surface area contributed by atoms with E-state index in [1.165, 1.54) is 10.6 Å². The van der Waals surface area contributed by atoms with E-state index in [2.05, 4.69) is 55.2 Å². The molecule has 0 spiro atoms. The molecular weight excluding hydrogens is 239 g/mol. The average Bonchev–Trinajstić information content (AvgIpc) is 2.40. The summed E-state index contributed by atoms with van der Waals surface area (Å²) < 4.78 is 0. The first-order valence-corrected chi connectivity index (χ1v) is 8.70. The molecule has 0 radical (unpaired) electrons. The van der Waals surface area contributed by atoms with Crippen LogP contribution in [0.25, 0.3) is 0 Å². The van der Waals surface area contributed by atoms with Crippen LogP contribution in [0.2, 0.25) is 0 Å². The summed E-state index contributed by atoms with van der Waals surface area (Å²) >= 11 is 0. The number of hydrogen-bond acceptors (Lipinski definition) is 1. The van der Waals surface area contributed by atoms with Crippen molar-refractivity contribution in [1.82, 2.24) is 0 Å². The number of benzene rings is 2. The standard InChI is InChI=1S/C16H20OP/c1-14(17)13-18(2,15-9-5-3-6-10-15)16-11-7-4-8-12-16/h3-12,14,17H,13H2,1-2H3/q+1. The minimum absolute atomic E-state index is 0.274. The largest absolute Gasteiger partial charge is 0.390 e. The summed E-state index contributed by atoms with van der Waals surface area (Å²) in [5, 5.41) is 12.6. The second-order valence-corrected chi connectivity index (χ2v) is 8.68. The third-order valence-electron chi connectivity index (χ3n) is 3.28. The van der Waals surface area contributed by atoms with Gasteiger partial charge in [-0.1, -0.05) is 36.4 Å². The Hall–Kier alpha value is -1.17. The molecule has 0 amide bonds. The van der Waals surface area contributed by atoms with Crippen LogP contribution in [0, 0.1) is 0 Å². The molecule has 0 saturated heterocycles. The summed E-state index contributed by atoms with van der Waals surface area (Å²) in [6, 6.07) is 21.1. The van der Waals surface area contributed by atoms with E-state index in [0.29, 0.717) is 0 Å². The minimum Gasteiger partial charge on any atom is -0.390 e. The van der Waals surface area contributed by atoms with Crippen molar-refractivity contribution in [2.75, 3.05) is 12.8 Å². The Labute approximate surface area is 110 Å². The molecular formula is C16H20OP+. The van der Waals surface area contributed by atoms with Crippen molar-refractivity contribution in [2.45, 2.75) is 13.0 Å². The Bertz CT molecular complexity index is 439. The fourth-order valence-electron chi connectivity index (χ4n) is 2.40. The smallest absolute Gasteiger partial charge is 0.0989 e. The van der Waals surface area contributed by atoms with E-state index in [9.17, 15) is 5.11 Å². The van der Waals surface area contributed by atoms with Gasteiger partial charge in [0.1, 0.15) is 0 Å². The highest BCUT2D eigenvalue weighted by atomic mass is 31.2. The number of aliphatic hydroxyl groups excluding tert-OH is 1. The molecule has 0 aliphatic heterocycles. The van der Waals surface area contributed by atoms with E-state index in [0.717, 1.165) is 6.16 Å². The summed E-state index contributed by atoms with van der Waals surface area (Å²) in [5.41, 5.74) is 0. The minimum atomic E-state index is -1.48. The Morgan fingerprint density at radius 3 is 1.61 bits per heavy atom. The highest BCUT2D eigenvalue weighted by Gasteiger charge is 2.38.